The molecule has 5 heteroatoms. The molecule has 1 aliphatic carbocycles. The highest BCUT2D eigenvalue weighted by atomic mass is 19.4. The summed E-state index contributed by atoms with van der Waals surface area (Å²) in [6.45, 7) is 1.21. The minimum atomic E-state index is -4.00. The van der Waals surface area contributed by atoms with Crippen LogP contribution in [0.5, 0.6) is 0 Å². The van der Waals surface area contributed by atoms with Crippen LogP contribution < -0.4 is 5.32 Å². The molecule has 0 aromatic carbocycles. The molecule has 0 radical (unpaired) electrons. The van der Waals surface area contributed by atoms with Crippen LogP contribution in [-0.4, -0.2) is 43.3 Å². The minimum Gasteiger partial charge on any atom is -0.315 e. The highest BCUT2D eigenvalue weighted by Crippen LogP contribution is 2.35. The van der Waals surface area contributed by atoms with Crippen molar-refractivity contribution >= 4 is 0 Å². The monoisotopic (exact) mass is 278 g/mol. The highest BCUT2D eigenvalue weighted by molar-refractivity contribution is 4.89. The first-order valence-corrected chi connectivity index (χ1v) is 7.50. The molecule has 1 N–H and O–H groups in total. The van der Waals surface area contributed by atoms with E-state index in [1.54, 1.807) is 0 Å². The summed E-state index contributed by atoms with van der Waals surface area (Å²) in [6, 6.07) is 0.881. The lowest BCUT2D eigenvalue weighted by Crippen LogP contribution is -2.52. The fourth-order valence-corrected chi connectivity index (χ4v) is 3.62. The van der Waals surface area contributed by atoms with Crippen molar-refractivity contribution in [2.45, 2.75) is 63.2 Å². The van der Waals surface area contributed by atoms with Gasteiger partial charge in [0, 0.05) is 12.1 Å². The Morgan fingerprint density at radius 3 is 2.16 bits per heavy atom. The van der Waals surface area contributed by atoms with Crippen LogP contribution >= 0.6 is 0 Å². The molecule has 1 heterocycles. The summed E-state index contributed by atoms with van der Waals surface area (Å²) in [5.74, 6) is -1.08. The van der Waals surface area contributed by atoms with E-state index in [1.807, 2.05) is 7.05 Å². The van der Waals surface area contributed by atoms with E-state index in [2.05, 4.69) is 10.2 Å². The Morgan fingerprint density at radius 2 is 1.58 bits per heavy atom. The molecular formula is C14H25F3N2. The Bertz CT molecular complexity index is 272. The molecule has 2 rings (SSSR count). The topological polar surface area (TPSA) is 15.3 Å². The van der Waals surface area contributed by atoms with E-state index in [9.17, 15) is 13.2 Å². The van der Waals surface area contributed by atoms with Crippen molar-refractivity contribution in [1.29, 1.82) is 0 Å². The van der Waals surface area contributed by atoms with Crippen molar-refractivity contribution in [2.24, 2.45) is 5.92 Å². The molecule has 0 bridgehead atoms. The zero-order valence-electron chi connectivity index (χ0n) is 11.7. The van der Waals surface area contributed by atoms with Gasteiger partial charge in [0.05, 0.1) is 5.92 Å². The van der Waals surface area contributed by atoms with Crippen LogP contribution in [0.2, 0.25) is 0 Å². The van der Waals surface area contributed by atoms with Gasteiger partial charge in [-0.1, -0.05) is 19.3 Å². The summed E-state index contributed by atoms with van der Waals surface area (Å²) >= 11 is 0. The first-order valence-electron chi connectivity index (χ1n) is 7.50. The van der Waals surface area contributed by atoms with E-state index in [1.165, 1.54) is 19.3 Å². The van der Waals surface area contributed by atoms with Crippen molar-refractivity contribution in [3.05, 3.63) is 0 Å². The molecule has 2 fully saturated rings. The Labute approximate surface area is 113 Å². The molecule has 1 saturated heterocycles. The molecule has 0 aromatic heterocycles. The second kappa shape index (κ2) is 6.44. The predicted octanol–water partition coefficient (Wildman–Crippen LogP) is 3.18. The molecule has 2 aliphatic rings. The second-order valence-electron chi connectivity index (χ2n) is 5.95. The number of hydrogen-bond donors (Lipinski definition) is 1. The van der Waals surface area contributed by atoms with E-state index in [4.69, 9.17) is 0 Å². The number of hydrogen-bond acceptors (Lipinski definition) is 2. The third-order valence-corrected chi connectivity index (χ3v) is 4.81. The maximum absolute atomic E-state index is 12.7. The standard InChI is InChI=1S/C14H25F3N2/c1-18-12-5-3-2-4-6-13(12)19-9-7-11(8-10-19)14(15,16)17/h11-13,18H,2-10H2,1H3. The molecule has 1 aliphatic heterocycles. The zero-order valence-corrected chi connectivity index (χ0v) is 11.7. The van der Waals surface area contributed by atoms with E-state index in [0.29, 0.717) is 25.2 Å². The summed E-state index contributed by atoms with van der Waals surface area (Å²) < 4.78 is 38.1. The molecule has 112 valence electrons. The molecule has 2 atom stereocenters. The van der Waals surface area contributed by atoms with Gasteiger partial charge in [0.25, 0.3) is 0 Å². The van der Waals surface area contributed by atoms with Crippen LogP contribution in [0, 0.1) is 5.92 Å². The van der Waals surface area contributed by atoms with Crippen molar-refractivity contribution in [3.8, 4) is 0 Å². The molecule has 2 nitrogen and oxygen atoms in total. The fourth-order valence-electron chi connectivity index (χ4n) is 3.62. The predicted molar refractivity (Wildman–Crippen MR) is 70.1 cm³/mol. The van der Waals surface area contributed by atoms with Crippen molar-refractivity contribution in [2.75, 3.05) is 20.1 Å². The molecular weight excluding hydrogens is 253 g/mol. The first kappa shape index (κ1) is 15.1. The number of halogens is 3. The smallest absolute Gasteiger partial charge is 0.315 e. The van der Waals surface area contributed by atoms with E-state index >= 15 is 0 Å². The van der Waals surface area contributed by atoms with Crippen LogP contribution in [0.3, 0.4) is 0 Å². The van der Waals surface area contributed by atoms with Gasteiger partial charge in [-0.3, -0.25) is 4.90 Å². The average molecular weight is 278 g/mol. The zero-order chi connectivity index (χ0) is 13.9. The largest absolute Gasteiger partial charge is 0.391 e. The van der Waals surface area contributed by atoms with Gasteiger partial charge in [0.15, 0.2) is 0 Å². The van der Waals surface area contributed by atoms with E-state index in [-0.39, 0.29) is 12.8 Å². The summed E-state index contributed by atoms with van der Waals surface area (Å²) in [6.07, 6.45) is 2.53. The number of piperidine rings is 1. The number of nitrogens with zero attached hydrogens (tertiary/aromatic N) is 1. The lowest BCUT2D eigenvalue weighted by Gasteiger charge is -2.41. The summed E-state index contributed by atoms with van der Waals surface area (Å²) in [5.41, 5.74) is 0. The van der Waals surface area contributed by atoms with Gasteiger partial charge in [-0.2, -0.15) is 13.2 Å². The number of rotatable bonds is 2. The maximum Gasteiger partial charge on any atom is 0.391 e. The fraction of sp³-hybridized carbons (Fsp3) is 1.00. The van der Waals surface area contributed by atoms with Crippen LogP contribution in [0.25, 0.3) is 0 Å². The maximum atomic E-state index is 12.7. The summed E-state index contributed by atoms with van der Waals surface area (Å²) in [5, 5.41) is 3.37. The summed E-state index contributed by atoms with van der Waals surface area (Å²) in [4.78, 5) is 2.30. The number of alkyl halides is 3. The molecule has 1 saturated carbocycles. The van der Waals surface area contributed by atoms with E-state index in [0.717, 1.165) is 12.8 Å². The Kier molecular flexibility index (Phi) is 5.12. The van der Waals surface area contributed by atoms with Crippen molar-refractivity contribution in [3.63, 3.8) is 0 Å². The van der Waals surface area contributed by atoms with Gasteiger partial charge < -0.3 is 5.32 Å². The molecule has 0 spiro atoms. The normalized spacial score (nSPS) is 32.2. The third kappa shape index (κ3) is 3.85. The van der Waals surface area contributed by atoms with Gasteiger partial charge in [-0.05, 0) is 45.8 Å². The minimum absolute atomic E-state index is 0.274. The average Bonchev–Trinajstić information content (AvgIpc) is 2.62. The highest BCUT2D eigenvalue weighted by Gasteiger charge is 2.42. The number of likely N-dealkylation sites (N-methyl/N-ethyl adjacent to an activating group) is 1. The van der Waals surface area contributed by atoms with Crippen LogP contribution in [0.15, 0.2) is 0 Å². The lowest BCUT2D eigenvalue weighted by atomic mass is 9.92. The molecule has 19 heavy (non-hydrogen) atoms. The van der Waals surface area contributed by atoms with Gasteiger partial charge >= 0.3 is 6.18 Å². The molecule has 0 amide bonds. The third-order valence-electron chi connectivity index (χ3n) is 4.81. The lowest BCUT2D eigenvalue weighted by molar-refractivity contribution is -0.186. The summed E-state index contributed by atoms with van der Waals surface area (Å²) in [7, 11) is 1.98. The van der Waals surface area contributed by atoms with Gasteiger partial charge in [0.1, 0.15) is 0 Å². The number of likely N-dealkylation sites (tertiary alicyclic amines) is 1. The Balaban J connectivity index is 1.91. The van der Waals surface area contributed by atoms with E-state index < -0.39 is 12.1 Å². The Hall–Kier alpha value is -0.290. The van der Waals surface area contributed by atoms with Crippen molar-refractivity contribution < 1.29 is 13.2 Å². The van der Waals surface area contributed by atoms with Crippen molar-refractivity contribution in [1.82, 2.24) is 10.2 Å². The quantitative estimate of drug-likeness (QED) is 0.780. The Morgan fingerprint density at radius 1 is 0.947 bits per heavy atom. The number of nitrogens with one attached hydrogen (secondary N) is 1. The van der Waals surface area contributed by atoms with Crippen LogP contribution in [-0.2, 0) is 0 Å². The molecule has 2 unspecified atom stereocenters. The van der Waals surface area contributed by atoms with Crippen LogP contribution in [0.4, 0.5) is 13.2 Å². The van der Waals surface area contributed by atoms with Gasteiger partial charge in [0.2, 0.25) is 0 Å². The molecule has 0 aromatic rings. The SMILES string of the molecule is CNC1CCCCCC1N1CCC(C(F)(F)F)CC1. The second-order valence-corrected chi connectivity index (χ2v) is 5.95. The van der Waals surface area contributed by atoms with Gasteiger partial charge in [-0.25, -0.2) is 0 Å². The first-order chi connectivity index (χ1) is 9.02. The van der Waals surface area contributed by atoms with Crippen LogP contribution in [0.1, 0.15) is 44.9 Å². The van der Waals surface area contributed by atoms with Gasteiger partial charge in [-0.15, -0.1) is 0 Å².